The lowest BCUT2D eigenvalue weighted by Gasteiger charge is -2.35. The van der Waals surface area contributed by atoms with E-state index in [0.29, 0.717) is 13.1 Å². The first-order valence-corrected chi connectivity index (χ1v) is 8.96. The minimum absolute atomic E-state index is 0.0994. The molecule has 0 N–H and O–H groups in total. The fraction of sp³-hybridized carbons (Fsp3) is 0.400. The van der Waals surface area contributed by atoms with Gasteiger partial charge in [0.25, 0.3) is 5.91 Å². The molecule has 6 heteroatoms. The summed E-state index contributed by atoms with van der Waals surface area (Å²) in [6.45, 7) is 5.57. The summed E-state index contributed by atoms with van der Waals surface area (Å²) in [5, 5.41) is 0. The number of rotatable bonds is 6. The molecule has 1 aromatic carbocycles. The molecule has 5 nitrogen and oxygen atoms in total. The number of ether oxygens (including phenoxy) is 1. The van der Waals surface area contributed by atoms with Crippen molar-refractivity contribution in [3.05, 3.63) is 60.2 Å². The average Bonchev–Trinajstić information content (AvgIpc) is 2.69. The number of benzene rings is 1. The van der Waals surface area contributed by atoms with Gasteiger partial charge in [-0.1, -0.05) is 18.2 Å². The van der Waals surface area contributed by atoms with Crippen LogP contribution in [0.1, 0.15) is 12.6 Å². The zero-order valence-corrected chi connectivity index (χ0v) is 15.0. The van der Waals surface area contributed by atoms with Gasteiger partial charge in [0.2, 0.25) is 0 Å². The predicted molar refractivity (Wildman–Crippen MR) is 97.5 cm³/mol. The maximum absolute atomic E-state index is 13.7. The molecule has 1 aliphatic heterocycles. The Morgan fingerprint density at radius 1 is 1.15 bits per heavy atom. The number of carbonyl (C=O) groups excluding carboxylic acids is 1. The van der Waals surface area contributed by atoms with E-state index in [9.17, 15) is 9.18 Å². The van der Waals surface area contributed by atoms with Crippen molar-refractivity contribution in [1.29, 1.82) is 0 Å². The first-order chi connectivity index (χ1) is 12.6. The van der Waals surface area contributed by atoms with Crippen LogP contribution in [0.25, 0.3) is 0 Å². The molecule has 26 heavy (non-hydrogen) atoms. The fourth-order valence-corrected chi connectivity index (χ4v) is 3.05. The van der Waals surface area contributed by atoms with E-state index in [1.165, 1.54) is 12.1 Å². The third-order valence-corrected chi connectivity index (χ3v) is 4.58. The monoisotopic (exact) mass is 357 g/mol. The lowest BCUT2D eigenvalue weighted by atomic mass is 10.2. The number of para-hydroxylation sites is 1. The lowest BCUT2D eigenvalue weighted by molar-refractivity contribution is -0.139. The summed E-state index contributed by atoms with van der Waals surface area (Å²) < 4.78 is 19.2. The van der Waals surface area contributed by atoms with Gasteiger partial charge in [-0.05, 0) is 31.2 Å². The van der Waals surface area contributed by atoms with E-state index < -0.39 is 11.9 Å². The average molecular weight is 357 g/mol. The van der Waals surface area contributed by atoms with E-state index in [0.717, 1.165) is 31.7 Å². The molecule has 2 heterocycles. The third kappa shape index (κ3) is 4.79. The van der Waals surface area contributed by atoms with E-state index in [1.807, 2.05) is 24.4 Å². The molecule has 1 aliphatic rings. The summed E-state index contributed by atoms with van der Waals surface area (Å²) in [7, 11) is 0. The Balaban J connectivity index is 1.45. The largest absolute Gasteiger partial charge is 0.478 e. The van der Waals surface area contributed by atoms with Gasteiger partial charge in [0.05, 0.1) is 0 Å². The van der Waals surface area contributed by atoms with Gasteiger partial charge in [0, 0.05) is 51.0 Å². The Morgan fingerprint density at radius 2 is 1.88 bits per heavy atom. The number of amides is 1. The van der Waals surface area contributed by atoms with Crippen molar-refractivity contribution in [3.63, 3.8) is 0 Å². The van der Waals surface area contributed by atoms with Crippen LogP contribution >= 0.6 is 0 Å². The Bertz CT molecular complexity index is 718. The van der Waals surface area contributed by atoms with Crippen LogP contribution in [0.5, 0.6) is 5.75 Å². The molecule has 1 atom stereocenters. The van der Waals surface area contributed by atoms with Crippen LogP contribution in [0, 0.1) is 5.82 Å². The number of aromatic nitrogens is 1. The standard InChI is InChI=1S/C20H24FN3O2/c1-16(26-19-8-3-2-7-18(19)21)20(25)24-14-12-23(13-15-24)11-9-17-6-4-5-10-22-17/h2-8,10,16H,9,11-15H2,1H3/t16-/m0/s1. The van der Waals surface area contributed by atoms with E-state index in [4.69, 9.17) is 4.74 Å². The normalized spacial score (nSPS) is 16.3. The molecule has 0 aliphatic carbocycles. The Kier molecular flexibility index (Phi) is 6.17. The molecule has 1 saturated heterocycles. The predicted octanol–water partition coefficient (Wildman–Crippen LogP) is 2.37. The van der Waals surface area contributed by atoms with Crippen molar-refractivity contribution in [2.75, 3.05) is 32.7 Å². The van der Waals surface area contributed by atoms with Gasteiger partial charge in [-0.15, -0.1) is 0 Å². The second kappa shape index (κ2) is 8.76. The van der Waals surface area contributed by atoms with Crippen molar-refractivity contribution >= 4 is 5.91 Å². The first kappa shape index (κ1) is 18.3. The van der Waals surface area contributed by atoms with Gasteiger partial charge in [0.1, 0.15) is 0 Å². The van der Waals surface area contributed by atoms with Crippen LogP contribution in [0.15, 0.2) is 48.7 Å². The van der Waals surface area contributed by atoms with Crippen LogP contribution in [0.3, 0.4) is 0 Å². The van der Waals surface area contributed by atoms with Crippen molar-refractivity contribution in [2.45, 2.75) is 19.4 Å². The summed E-state index contributed by atoms with van der Waals surface area (Å²) >= 11 is 0. The molecular formula is C20H24FN3O2. The minimum atomic E-state index is -0.702. The molecular weight excluding hydrogens is 333 g/mol. The van der Waals surface area contributed by atoms with Crippen LogP contribution in [-0.4, -0.2) is 59.5 Å². The number of piperazine rings is 1. The molecule has 1 aromatic heterocycles. The van der Waals surface area contributed by atoms with Gasteiger partial charge in [-0.2, -0.15) is 0 Å². The van der Waals surface area contributed by atoms with Gasteiger partial charge in [0.15, 0.2) is 17.7 Å². The van der Waals surface area contributed by atoms with Gasteiger partial charge < -0.3 is 9.64 Å². The molecule has 0 unspecified atom stereocenters. The quantitative estimate of drug-likeness (QED) is 0.796. The highest BCUT2D eigenvalue weighted by Crippen LogP contribution is 2.18. The number of pyridine rings is 1. The minimum Gasteiger partial charge on any atom is -0.478 e. The van der Waals surface area contributed by atoms with E-state index in [2.05, 4.69) is 9.88 Å². The van der Waals surface area contributed by atoms with Crippen molar-refractivity contribution in [2.24, 2.45) is 0 Å². The zero-order valence-electron chi connectivity index (χ0n) is 15.0. The van der Waals surface area contributed by atoms with Crippen LogP contribution in [0.2, 0.25) is 0 Å². The second-order valence-corrected chi connectivity index (χ2v) is 6.43. The number of hydrogen-bond donors (Lipinski definition) is 0. The van der Waals surface area contributed by atoms with Gasteiger partial charge in [-0.3, -0.25) is 14.7 Å². The highest BCUT2D eigenvalue weighted by molar-refractivity contribution is 5.81. The van der Waals surface area contributed by atoms with Crippen molar-refractivity contribution < 1.29 is 13.9 Å². The summed E-state index contributed by atoms with van der Waals surface area (Å²) in [6, 6.07) is 12.1. The number of halogens is 1. The second-order valence-electron chi connectivity index (χ2n) is 6.43. The van der Waals surface area contributed by atoms with Crippen molar-refractivity contribution in [3.8, 4) is 5.75 Å². The van der Waals surface area contributed by atoms with Crippen molar-refractivity contribution in [1.82, 2.24) is 14.8 Å². The number of hydrogen-bond acceptors (Lipinski definition) is 4. The van der Waals surface area contributed by atoms with Crippen LogP contribution in [-0.2, 0) is 11.2 Å². The maximum Gasteiger partial charge on any atom is 0.263 e. The molecule has 1 amide bonds. The summed E-state index contributed by atoms with van der Waals surface area (Å²) in [5.74, 6) is -0.438. The molecule has 0 spiro atoms. The van der Waals surface area contributed by atoms with E-state index in [-0.39, 0.29) is 11.7 Å². The highest BCUT2D eigenvalue weighted by Gasteiger charge is 2.26. The fourth-order valence-electron chi connectivity index (χ4n) is 3.05. The number of nitrogens with zero attached hydrogens (tertiary/aromatic N) is 3. The highest BCUT2D eigenvalue weighted by atomic mass is 19.1. The molecule has 138 valence electrons. The molecule has 3 rings (SSSR count). The molecule has 0 saturated carbocycles. The smallest absolute Gasteiger partial charge is 0.263 e. The number of carbonyl (C=O) groups is 1. The summed E-state index contributed by atoms with van der Waals surface area (Å²) in [4.78, 5) is 21.0. The van der Waals surface area contributed by atoms with E-state index >= 15 is 0 Å². The topological polar surface area (TPSA) is 45.7 Å². The third-order valence-electron chi connectivity index (χ3n) is 4.58. The Morgan fingerprint density at radius 3 is 2.58 bits per heavy atom. The summed E-state index contributed by atoms with van der Waals surface area (Å²) in [6.07, 6.45) is 2.01. The molecule has 2 aromatic rings. The Labute approximate surface area is 153 Å². The Hall–Kier alpha value is -2.47. The summed E-state index contributed by atoms with van der Waals surface area (Å²) in [5.41, 5.74) is 1.08. The SMILES string of the molecule is C[C@H](Oc1ccccc1F)C(=O)N1CCN(CCc2ccccn2)CC1. The van der Waals surface area contributed by atoms with Crippen LogP contribution in [0.4, 0.5) is 4.39 Å². The molecule has 1 fully saturated rings. The molecule has 0 bridgehead atoms. The zero-order chi connectivity index (χ0) is 18.4. The van der Waals surface area contributed by atoms with Gasteiger partial charge >= 0.3 is 0 Å². The lowest BCUT2D eigenvalue weighted by Crippen LogP contribution is -2.52. The maximum atomic E-state index is 13.7. The molecule has 0 radical (unpaired) electrons. The van der Waals surface area contributed by atoms with Crippen LogP contribution < -0.4 is 4.74 Å². The first-order valence-electron chi connectivity index (χ1n) is 8.96. The van der Waals surface area contributed by atoms with E-state index in [1.54, 1.807) is 24.0 Å². The van der Waals surface area contributed by atoms with Gasteiger partial charge in [-0.25, -0.2) is 4.39 Å².